The Kier molecular flexibility index (Phi) is 6.77. The van der Waals surface area contributed by atoms with E-state index in [1.54, 1.807) is 18.2 Å². The van der Waals surface area contributed by atoms with E-state index in [1.807, 2.05) is 35.9 Å². The lowest BCUT2D eigenvalue weighted by Gasteiger charge is -2.13. The van der Waals surface area contributed by atoms with E-state index in [2.05, 4.69) is 28.3 Å². The van der Waals surface area contributed by atoms with Gasteiger partial charge in [-0.1, -0.05) is 24.8 Å². The van der Waals surface area contributed by atoms with Crippen LogP contribution in [0.5, 0.6) is 5.75 Å². The first-order valence-electron chi connectivity index (χ1n) is 12.5. The first-order valence-corrected chi connectivity index (χ1v) is 12.5. The molecule has 39 heavy (non-hydrogen) atoms. The van der Waals surface area contributed by atoms with Gasteiger partial charge in [0.15, 0.2) is 0 Å². The number of hydrogen-bond acceptors (Lipinski definition) is 6. The van der Waals surface area contributed by atoms with Crippen molar-refractivity contribution >= 4 is 34.2 Å². The maximum absolute atomic E-state index is 12.9. The van der Waals surface area contributed by atoms with Crippen molar-refractivity contribution in [1.82, 2.24) is 14.9 Å². The summed E-state index contributed by atoms with van der Waals surface area (Å²) in [5.41, 5.74) is 11.6. The van der Waals surface area contributed by atoms with Gasteiger partial charge in [0.1, 0.15) is 17.6 Å². The Labute approximate surface area is 225 Å². The largest absolute Gasteiger partial charge is 0.496 e. The lowest BCUT2D eigenvalue weighted by atomic mass is 9.96. The van der Waals surface area contributed by atoms with Crippen LogP contribution in [0.15, 0.2) is 61.3 Å². The van der Waals surface area contributed by atoms with Crippen LogP contribution in [0.3, 0.4) is 0 Å². The highest BCUT2D eigenvalue weighted by molar-refractivity contribution is 6.11. The van der Waals surface area contributed by atoms with Gasteiger partial charge in [-0.05, 0) is 60.2 Å². The predicted octanol–water partition coefficient (Wildman–Crippen LogP) is 4.63. The first-order chi connectivity index (χ1) is 18.9. The summed E-state index contributed by atoms with van der Waals surface area (Å²) >= 11 is 0. The highest BCUT2D eigenvalue weighted by Crippen LogP contribution is 2.44. The molecule has 2 heterocycles. The van der Waals surface area contributed by atoms with E-state index < -0.39 is 0 Å². The van der Waals surface area contributed by atoms with Gasteiger partial charge in [0.25, 0.3) is 5.91 Å². The van der Waals surface area contributed by atoms with Gasteiger partial charge in [0.05, 0.1) is 34.8 Å². The van der Waals surface area contributed by atoms with Crippen molar-refractivity contribution in [3.8, 4) is 34.2 Å². The number of amides is 2. The van der Waals surface area contributed by atoms with Gasteiger partial charge in [-0.3, -0.25) is 9.59 Å². The van der Waals surface area contributed by atoms with Gasteiger partial charge in [-0.2, -0.15) is 5.26 Å². The maximum Gasteiger partial charge on any atom is 0.255 e. The summed E-state index contributed by atoms with van der Waals surface area (Å²) in [6, 6.07) is 15.0. The number of nitrogens with two attached hydrogens (primary N) is 1. The number of aromatic nitrogens is 2. The second kappa shape index (κ2) is 10.3. The Morgan fingerprint density at radius 1 is 1.23 bits per heavy atom. The number of benzene rings is 2. The quantitative estimate of drug-likeness (QED) is 0.290. The zero-order valence-electron chi connectivity index (χ0n) is 21.7. The highest BCUT2D eigenvalue weighted by atomic mass is 16.5. The molecule has 2 amide bonds. The number of hydrogen-bond donors (Lipinski definition) is 3. The van der Waals surface area contributed by atoms with Crippen LogP contribution in [0.4, 0.5) is 11.5 Å². The number of ether oxygens (including phenoxy) is 1. The number of rotatable bonds is 8. The lowest BCUT2D eigenvalue weighted by molar-refractivity contribution is -0.111. The Balaban J connectivity index is 1.68. The van der Waals surface area contributed by atoms with Crippen LogP contribution < -0.4 is 21.1 Å². The molecule has 4 N–H and O–H groups in total. The van der Waals surface area contributed by atoms with E-state index in [9.17, 15) is 14.9 Å². The topological polar surface area (TPSA) is 135 Å². The van der Waals surface area contributed by atoms with Crippen molar-refractivity contribution in [3.63, 3.8) is 0 Å². The van der Waals surface area contributed by atoms with E-state index in [0.29, 0.717) is 45.9 Å². The summed E-state index contributed by atoms with van der Waals surface area (Å²) < 4.78 is 7.56. The molecule has 0 radical (unpaired) electrons. The van der Waals surface area contributed by atoms with Crippen molar-refractivity contribution in [3.05, 3.63) is 72.4 Å². The summed E-state index contributed by atoms with van der Waals surface area (Å²) in [5, 5.41) is 16.2. The Morgan fingerprint density at radius 3 is 2.59 bits per heavy atom. The number of carbonyl (C=O) groups excluding carboxylic acids is 2. The van der Waals surface area contributed by atoms with Crippen LogP contribution >= 0.6 is 0 Å². The molecular weight excluding hydrogens is 492 g/mol. The summed E-state index contributed by atoms with van der Waals surface area (Å²) in [4.78, 5) is 28.9. The Morgan fingerprint density at radius 2 is 1.95 bits per heavy atom. The molecule has 0 atom stereocenters. The van der Waals surface area contributed by atoms with Gasteiger partial charge in [-0.25, -0.2) is 4.98 Å². The van der Waals surface area contributed by atoms with Crippen LogP contribution in [-0.4, -0.2) is 35.0 Å². The van der Waals surface area contributed by atoms with Crippen molar-refractivity contribution in [2.75, 3.05) is 24.7 Å². The number of nitrogens with zero attached hydrogens (tertiary/aromatic N) is 3. The number of methoxy groups -OCH3 is 1. The fraction of sp³-hybridized carbons (Fsp3) is 0.200. The monoisotopic (exact) mass is 520 g/mol. The Hall–Kier alpha value is -5.10. The number of carbonyl (C=O) groups is 2. The van der Waals surface area contributed by atoms with Gasteiger partial charge in [-0.15, -0.1) is 0 Å². The minimum atomic E-state index is -0.307. The molecule has 2 aromatic heterocycles. The van der Waals surface area contributed by atoms with E-state index in [-0.39, 0.29) is 17.6 Å². The smallest absolute Gasteiger partial charge is 0.255 e. The van der Waals surface area contributed by atoms with Crippen LogP contribution in [-0.2, 0) is 11.8 Å². The molecule has 0 unspecified atom stereocenters. The Bertz CT molecular complexity index is 1660. The molecule has 0 bridgehead atoms. The van der Waals surface area contributed by atoms with Gasteiger partial charge in [0.2, 0.25) is 5.91 Å². The molecule has 5 rings (SSSR count). The van der Waals surface area contributed by atoms with Crippen molar-refractivity contribution < 1.29 is 14.3 Å². The molecule has 1 aliphatic rings. The second-order valence-corrected chi connectivity index (χ2v) is 9.51. The highest BCUT2D eigenvalue weighted by Gasteiger charge is 2.26. The number of anilines is 2. The molecule has 4 aromatic rings. The predicted molar refractivity (Wildman–Crippen MR) is 151 cm³/mol. The number of nitrogen functional groups attached to an aromatic ring is 1. The van der Waals surface area contributed by atoms with E-state index in [4.69, 9.17) is 10.5 Å². The third-order valence-corrected chi connectivity index (χ3v) is 6.95. The fourth-order valence-electron chi connectivity index (χ4n) is 4.80. The molecule has 196 valence electrons. The van der Waals surface area contributed by atoms with Crippen LogP contribution in [0, 0.1) is 17.2 Å². The molecule has 1 fully saturated rings. The minimum Gasteiger partial charge on any atom is -0.496 e. The number of aryl methyl sites for hydroxylation is 1. The number of fused-ring (bicyclic) bond motifs is 1. The summed E-state index contributed by atoms with van der Waals surface area (Å²) in [6.07, 6.45) is 4.95. The summed E-state index contributed by atoms with van der Waals surface area (Å²) in [7, 11) is 3.40. The zero-order chi connectivity index (χ0) is 27.7. The van der Waals surface area contributed by atoms with E-state index in [1.165, 1.54) is 19.4 Å². The summed E-state index contributed by atoms with van der Waals surface area (Å²) in [6.45, 7) is 4.14. The summed E-state index contributed by atoms with van der Waals surface area (Å²) in [5.74, 6) is 0.765. The van der Waals surface area contributed by atoms with E-state index >= 15 is 0 Å². The van der Waals surface area contributed by atoms with Crippen molar-refractivity contribution in [1.29, 1.82) is 5.26 Å². The average molecular weight is 521 g/mol. The lowest BCUT2D eigenvalue weighted by Crippen LogP contribution is -2.25. The number of pyridine rings is 1. The van der Waals surface area contributed by atoms with Crippen molar-refractivity contribution in [2.24, 2.45) is 13.0 Å². The maximum atomic E-state index is 12.9. The molecule has 9 nitrogen and oxygen atoms in total. The van der Waals surface area contributed by atoms with Gasteiger partial charge >= 0.3 is 0 Å². The van der Waals surface area contributed by atoms with Gasteiger partial charge < -0.3 is 25.7 Å². The first kappa shape index (κ1) is 25.5. The van der Waals surface area contributed by atoms with Gasteiger partial charge in [0, 0.05) is 31.0 Å². The standard InChI is InChI=1S/C30H28N6O3/c1-4-24(37)35-21-10-7-18(8-11-21)27-25(26-28(36(27)2)20(14-31)16-33-29(26)32)19-9-12-22(23(13-19)39-3)30(38)34-15-17-5-6-17/h4,7-13,16-17H,1,5-6,15H2,2-3H3,(H2,32,33)(H,34,38)(H,35,37). The van der Waals surface area contributed by atoms with Crippen LogP contribution in [0.2, 0.25) is 0 Å². The minimum absolute atomic E-state index is 0.187. The van der Waals surface area contributed by atoms with E-state index in [0.717, 1.165) is 35.2 Å². The molecule has 0 aliphatic heterocycles. The molecule has 0 saturated heterocycles. The SMILES string of the molecule is C=CC(=O)Nc1ccc(-c2c(-c3ccc(C(=O)NCC4CC4)c(OC)c3)c3c(N)ncc(C#N)c3n2C)cc1. The van der Waals surface area contributed by atoms with Crippen LogP contribution in [0.1, 0.15) is 28.8 Å². The number of nitrogens with one attached hydrogen (secondary N) is 2. The average Bonchev–Trinajstić information content (AvgIpc) is 3.74. The molecular formula is C30H28N6O3. The van der Waals surface area contributed by atoms with Crippen LogP contribution in [0.25, 0.3) is 33.3 Å². The molecule has 1 aliphatic carbocycles. The second-order valence-electron chi connectivity index (χ2n) is 9.51. The molecule has 9 heteroatoms. The molecule has 1 saturated carbocycles. The molecule has 2 aromatic carbocycles. The third kappa shape index (κ3) is 4.80. The fourth-order valence-corrected chi connectivity index (χ4v) is 4.80. The number of nitriles is 1. The normalized spacial score (nSPS) is 12.5. The zero-order valence-corrected chi connectivity index (χ0v) is 21.7. The third-order valence-electron chi connectivity index (χ3n) is 6.95. The molecule has 0 spiro atoms. The van der Waals surface area contributed by atoms with Crippen molar-refractivity contribution in [2.45, 2.75) is 12.8 Å².